The third kappa shape index (κ3) is 3.09. The van der Waals surface area contributed by atoms with Gasteiger partial charge in [-0.15, -0.1) is 0 Å². The van der Waals surface area contributed by atoms with Crippen LogP contribution in [0, 0.1) is 6.92 Å². The van der Waals surface area contributed by atoms with Crippen molar-refractivity contribution in [3.8, 4) is 0 Å². The molecule has 1 atom stereocenters. The quantitative estimate of drug-likeness (QED) is 0.918. The standard InChI is InChI=1S/C18H25N3/c1-13-9-15(16-7-5-6-8-17(16)20-13)11-21-12-18(3,4)19-10-14(21)2/h5-9,14,19H,10-12H2,1-4H3. The molecule has 0 bridgehead atoms. The number of aromatic nitrogens is 1. The maximum absolute atomic E-state index is 4.65. The van der Waals surface area contributed by atoms with E-state index in [9.17, 15) is 0 Å². The minimum absolute atomic E-state index is 0.185. The molecule has 3 heteroatoms. The van der Waals surface area contributed by atoms with E-state index in [0.29, 0.717) is 6.04 Å². The molecule has 1 saturated heterocycles. The zero-order chi connectivity index (χ0) is 15.0. The molecule has 0 amide bonds. The van der Waals surface area contributed by atoms with E-state index in [-0.39, 0.29) is 5.54 Å². The van der Waals surface area contributed by atoms with Gasteiger partial charge in [-0.05, 0) is 45.4 Å². The second kappa shape index (κ2) is 5.39. The van der Waals surface area contributed by atoms with E-state index in [2.05, 4.69) is 73.2 Å². The Morgan fingerprint density at radius 3 is 2.90 bits per heavy atom. The van der Waals surface area contributed by atoms with Crippen LogP contribution < -0.4 is 5.32 Å². The lowest BCUT2D eigenvalue weighted by atomic mass is 9.98. The molecule has 1 fully saturated rings. The number of benzene rings is 1. The molecule has 0 saturated carbocycles. The molecule has 1 aromatic carbocycles. The van der Waals surface area contributed by atoms with Crippen molar-refractivity contribution in [3.63, 3.8) is 0 Å². The lowest BCUT2D eigenvalue weighted by Crippen LogP contribution is -2.60. The van der Waals surface area contributed by atoms with Crippen LogP contribution in [0.3, 0.4) is 0 Å². The fraction of sp³-hybridized carbons (Fsp3) is 0.500. The Labute approximate surface area is 127 Å². The summed E-state index contributed by atoms with van der Waals surface area (Å²) >= 11 is 0. The largest absolute Gasteiger partial charge is 0.309 e. The number of nitrogens with zero attached hydrogens (tertiary/aromatic N) is 2. The van der Waals surface area contributed by atoms with Gasteiger partial charge < -0.3 is 5.32 Å². The molecule has 1 aromatic heterocycles. The van der Waals surface area contributed by atoms with E-state index in [1.807, 2.05) is 0 Å². The minimum Gasteiger partial charge on any atom is -0.309 e. The number of fused-ring (bicyclic) bond motifs is 1. The maximum atomic E-state index is 4.65. The van der Waals surface area contributed by atoms with Crippen molar-refractivity contribution in [1.29, 1.82) is 0 Å². The SMILES string of the molecule is Cc1cc(CN2CC(C)(C)NCC2C)c2ccccc2n1. The summed E-state index contributed by atoms with van der Waals surface area (Å²) in [5.41, 5.74) is 3.78. The molecule has 2 heterocycles. The van der Waals surface area contributed by atoms with Crippen LogP contribution in [0.5, 0.6) is 0 Å². The fourth-order valence-corrected chi connectivity index (χ4v) is 3.23. The number of hydrogen-bond acceptors (Lipinski definition) is 3. The number of para-hydroxylation sites is 1. The van der Waals surface area contributed by atoms with E-state index in [1.165, 1.54) is 10.9 Å². The highest BCUT2D eigenvalue weighted by molar-refractivity contribution is 5.82. The van der Waals surface area contributed by atoms with E-state index >= 15 is 0 Å². The summed E-state index contributed by atoms with van der Waals surface area (Å²) in [6.07, 6.45) is 0. The molecule has 112 valence electrons. The van der Waals surface area contributed by atoms with Crippen LogP contribution in [0.1, 0.15) is 32.0 Å². The number of hydrogen-bond donors (Lipinski definition) is 1. The van der Waals surface area contributed by atoms with Crippen molar-refractivity contribution >= 4 is 10.9 Å². The van der Waals surface area contributed by atoms with Crippen molar-refractivity contribution in [2.24, 2.45) is 0 Å². The molecular weight excluding hydrogens is 258 g/mol. The van der Waals surface area contributed by atoms with Gasteiger partial charge in [0, 0.05) is 42.3 Å². The summed E-state index contributed by atoms with van der Waals surface area (Å²) in [7, 11) is 0. The molecule has 2 aromatic rings. The highest BCUT2D eigenvalue weighted by Crippen LogP contribution is 2.23. The molecule has 0 radical (unpaired) electrons. The monoisotopic (exact) mass is 283 g/mol. The predicted molar refractivity (Wildman–Crippen MR) is 88.4 cm³/mol. The van der Waals surface area contributed by atoms with E-state index in [4.69, 9.17) is 0 Å². The Hall–Kier alpha value is -1.45. The first-order chi connectivity index (χ1) is 9.94. The molecule has 1 unspecified atom stereocenters. The Bertz CT molecular complexity index is 648. The lowest BCUT2D eigenvalue weighted by molar-refractivity contribution is 0.0981. The number of aryl methyl sites for hydroxylation is 1. The molecular formula is C18H25N3. The second-order valence-electron chi connectivity index (χ2n) is 6.96. The molecule has 0 aliphatic carbocycles. The van der Waals surface area contributed by atoms with Crippen LogP contribution in [0.2, 0.25) is 0 Å². The average molecular weight is 283 g/mol. The van der Waals surface area contributed by atoms with E-state index in [1.54, 1.807) is 0 Å². The molecule has 1 aliphatic rings. The topological polar surface area (TPSA) is 28.2 Å². The van der Waals surface area contributed by atoms with Crippen LogP contribution >= 0.6 is 0 Å². The first kappa shape index (κ1) is 14.5. The highest BCUT2D eigenvalue weighted by atomic mass is 15.2. The van der Waals surface area contributed by atoms with Gasteiger partial charge in [-0.3, -0.25) is 9.88 Å². The van der Waals surface area contributed by atoms with Crippen LogP contribution in [0.15, 0.2) is 30.3 Å². The lowest BCUT2D eigenvalue weighted by Gasteiger charge is -2.43. The summed E-state index contributed by atoms with van der Waals surface area (Å²) in [5.74, 6) is 0. The van der Waals surface area contributed by atoms with Crippen molar-refractivity contribution in [2.75, 3.05) is 13.1 Å². The van der Waals surface area contributed by atoms with E-state index in [0.717, 1.165) is 30.8 Å². The third-order valence-corrected chi connectivity index (χ3v) is 4.40. The molecule has 1 aliphatic heterocycles. The summed E-state index contributed by atoms with van der Waals surface area (Å²) in [4.78, 5) is 7.23. The average Bonchev–Trinajstić information content (AvgIpc) is 2.42. The molecule has 3 nitrogen and oxygen atoms in total. The predicted octanol–water partition coefficient (Wildman–Crippen LogP) is 3.12. The van der Waals surface area contributed by atoms with Gasteiger partial charge in [-0.1, -0.05) is 18.2 Å². The third-order valence-electron chi connectivity index (χ3n) is 4.40. The van der Waals surface area contributed by atoms with Crippen LogP contribution in [0.4, 0.5) is 0 Å². The zero-order valence-corrected chi connectivity index (χ0v) is 13.5. The summed E-state index contributed by atoms with van der Waals surface area (Å²) in [6, 6.07) is 11.3. The Kier molecular flexibility index (Phi) is 3.72. The highest BCUT2D eigenvalue weighted by Gasteiger charge is 2.30. The van der Waals surface area contributed by atoms with Crippen LogP contribution in [0.25, 0.3) is 10.9 Å². The maximum Gasteiger partial charge on any atom is 0.0708 e. The number of piperazine rings is 1. The van der Waals surface area contributed by atoms with Gasteiger partial charge in [0.15, 0.2) is 0 Å². The Morgan fingerprint density at radius 2 is 2.10 bits per heavy atom. The zero-order valence-electron chi connectivity index (χ0n) is 13.5. The molecule has 3 rings (SSSR count). The van der Waals surface area contributed by atoms with Crippen molar-refractivity contribution < 1.29 is 0 Å². The second-order valence-corrected chi connectivity index (χ2v) is 6.96. The molecule has 1 N–H and O–H groups in total. The molecule has 21 heavy (non-hydrogen) atoms. The van der Waals surface area contributed by atoms with Crippen molar-refractivity contribution in [1.82, 2.24) is 15.2 Å². The Morgan fingerprint density at radius 1 is 1.33 bits per heavy atom. The summed E-state index contributed by atoms with van der Waals surface area (Å²) < 4.78 is 0. The summed E-state index contributed by atoms with van der Waals surface area (Å²) in [6.45, 7) is 12.1. The normalized spacial score (nSPS) is 22.6. The van der Waals surface area contributed by atoms with Crippen molar-refractivity contribution in [3.05, 3.63) is 41.6 Å². The smallest absolute Gasteiger partial charge is 0.0708 e. The van der Waals surface area contributed by atoms with E-state index < -0.39 is 0 Å². The number of nitrogens with one attached hydrogen (secondary N) is 1. The number of pyridine rings is 1. The van der Waals surface area contributed by atoms with Gasteiger partial charge in [-0.25, -0.2) is 0 Å². The number of rotatable bonds is 2. The van der Waals surface area contributed by atoms with Gasteiger partial charge in [0.05, 0.1) is 5.52 Å². The first-order valence-electron chi connectivity index (χ1n) is 7.79. The minimum atomic E-state index is 0.185. The van der Waals surface area contributed by atoms with Gasteiger partial charge >= 0.3 is 0 Å². The van der Waals surface area contributed by atoms with Gasteiger partial charge in [0.25, 0.3) is 0 Å². The fourth-order valence-electron chi connectivity index (χ4n) is 3.23. The Balaban J connectivity index is 1.94. The van der Waals surface area contributed by atoms with Gasteiger partial charge in [0.2, 0.25) is 0 Å². The molecule has 0 spiro atoms. The van der Waals surface area contributed by atoms with Crippen molar-refractivity contribution in [2.45, 2.75) is 45.8 Å². The van der Waals surface area contributed by atoms with Gasteiger partial charge in [-0.2, -0.15) is 0 Å². The first-order valence-corrected chi connectivity index (χ1v) is 7.79. The van der Waals surface area contributed by atoms with Crippen LogP contribution in [-0.4, -0.2) is 34.6 Å². The summed E-state index contributed by atoms with van der Waals surface area (Å²) in [5, 5.41) is 4.90. The van der Waals surface area contributed by atoms with Crippen LogP contribution in [-0.2, 0) is 6.54 Å². The van der Waals surface area contributed by atoms with Gasteiger partial charge in [0.1, 0.15) is 0 Å².